The lowest BCUT2D eigenvalue weighted by Crippen LogP contribution is -2.28. The van der Waals surface area contributed by atoms with Crippen LogP contribution in [-0.2, 0) is 23.2 Å². The molecule has 0 saturated heterocycles. The minimum atomic E-state index is -3.46. The first kappa shape index (κ1) is 15.5. The Morgan fingerprint density at radius 2 is 2.10 bits per heavy atom. The molecule has 0 spiro atoms. The van der Waals surface area contributed by atoms with Crippen LogP contribution < -0.4 is 4.72 Å². The highest BCUT2D eigenvalue weighted by Crippen LogP contribution is 2.24. The fourth-order valence-corrected chi connectivity index (χ4v) is 3.96. The molecule has 1 aliphatic carbocycles. The van der Waals surface area contributed by atoms with E-state index in [4.69, 9.17) is 0 Å². The molecule has 0 unspecified atom stereocenters. The SMILES string of the molecule is CCCn1cc(S(=O)(=O)NCC2CCCC2)cc1CO. The zero-order chi connectivity index (χ0) is 14.6. The van der Waals surface area contributed by atoms with Gasteiger partial charge in [-0.25, -0.2) is 13.1 Å². The Hall–Kier alpha value is -0.850. The normalized spacial score (nSPS) is 16.9. The summed E-state index contributed by atoms with van der Waals surface area (Å²) in [6.45, 7) is 3.12. The molecule has 0 bridgehead atoms. The van der Waals surface area contributed by atoms with Crippen molar-refractivity contribution in [3.8, 4) is 0 Å². The summed E-state index contributed by atoms with van der Waals surface area (Å²) < 4.78 is 29.0. The monoisotopic (exact) mass is 300 g/mol. The van der Waals surface area contributed by atoms with Gasteiger partial charge < -0.3 is 9.67 Å². The van der Waals surface area contributed by atoms with Crippen molar-refractivity contribution in [3.05, 3.63) is 18.0 Å². The first-order valence-corrected chi connectivity index (χ1v) is 8.84. The fraction of sp³-hybridized carbons (Fsp3) is 0.714. The summed E-state index contributed by atoms with van der Waals surface area (Å²) >= 11 is 0. The Bertz CT molecular complexity index is 531. The highest BCUT2D eigenvalue weighted by Gasteiger charge is 2.21. The molecule has 114 valence electrons. The van der Waals surface area contributed by atoms with Crippen molar-refractivity contribution in [2.75, 3.05) is 6.54 Å². The number of hydrogen-bond acceptors (Lipinski definition) is 3. The fourth-order valence-electron chi connectivity index (χ4n) is 2.78. The quantitative estimate of drug-likeness (QED) is 0.807. The van der Waals surface area contributed by atoms with E-state index in [9.17, 15) is 13.5 Å². The number of aryl methyl sites for hydroxylation is 1. The molecule has 1 fully saturated rings. The third-order valence-electron chi connectivity index (χ3n) is 3.93. The second-order valence-electron chi connectivity index (χ2n) is 5.52. The van der Waals surface area contributed by atoms with Gasteiger partial charge in [-0.3, -0.25) is 0 Å². The molecule has 5 nitrogen and oxygen atoms in total. The van der Waals surface area contributed by atoms with Gasteiger partial charge in [0, 0.05) is 25.0 Å². The Morgan fingerprint density at radius 1 is 1.40 bits per heavy atom. The van der Waals surface area contributed by atoms with Gasteiger partial charge in [-0.05, 0) is 31.2 Å². The molecule has 1 aromatic rings. The van der Waals surface area contributed by atoms with Gasteiger partial charge in [-0.2, -0.15) is 0 Å². The zero-order valence-electron chi connectivity index (χ0n) is 12.0. The van der Waals surface area contributed by atoms with Crippen LogP contribution in [0.1, 0.15) is 44.7 Å². The Labute approximate surface area is 121 Å². The molecule has 0 aromatic carbocycles. The summed E-state index contributed by atoms with van der Waals surface area (Å²) in [6.07, 6.45) is 7.15. The van der Waals surface area contributed by atoms with Crippen molar-refractivity contribution in [2.45, 2.75) is 57.1 Å². The summed E-state index contributed by atoms with van der Waals surface area (Å²) in [6, 6.07) is 1.56. The van der Waals surface area contributed by atoms with Crippen molar-refractivity contribution < 1.29 is 13.5 Å². The van der Waals surface area contributed by atoms with Gasteiger partial charge in [0.25, 0.3) is 0 Å². The summed E-state index contributed by atoms with van der Waals surface area (Å²) in [5.74, 6) is 0.472. The van der Waals surface area contributed by atoms with Gasteiger partial charge in [-0.1, -0.05) is 19.8 Å². The van der Waals surface area contributed by atoms with Crippen LogP contribution in [0.3, 0.4) is 0 Å². The molecule has 2 N–H and O–H groups in total. The largest absolute Gasteiger partial charge is 0.390 e. The Morgan fingerprint density at radius 3 is 2.70 bits per heavy atom. The van der Waals surface area contributed by atoms with E-state index >= 15 is 0 Å². The number of aliphatic hydroxyl groups is 1. The highest BCUT2D eigenvalue weighted by molar-refractivity contribution is 7.89. The van der Waals surface area contributed by atoms with Crippen LogP contribution in [-0.4, -0.2) is 24.6 Å². The van der Waals surface area contributed by atoms with Crippen LogP contribution in [0, 0.1) is 5.92 Å². The third-order valence-corrected chi connectivity index (χ3v) is 5.33. The summed E-state index contributed by atoms with van der Waals surface area (Å²) in [5.41, 5.74) is 0.646. The van der Waals surface area contributed by atoms with Crippen molar-refractivity contribution in [1.82, 2.24) is 9.29 Å². The first-order valence-electron chi connectivity index (χ1n) is 7.36. The molecule has 2 rings (SSSR count). The van der Waals surface area contributed by atoms with Gasteiger partial charge in [-0.15, -0.1) is 0 Å². The molecule has 1 aromatic heterocycles. The van der Waals surface area contributed by atoms with Gasteiger partial charge in [0.05, 0.1) is 11.5 Å². The van der Waals surface area contributed by atoms with Crippen LogP contribution in [0.5, 0.6) is 0 Å². The van der Waals surface area contributed by atoms with E-state index in [1.807, 2.05) is 11.5 Å². The van der Waals surface area contributed by atoms with Gasteiger partial charge in [0.1, 0.15) is 0 Å². The minimum Gasteiger partial charge on any atom is -0.390 e. The van der Waals surface area contributed by atoms with Crippen LogP contribution in [0.15, 0.2) is 17.2 Å². The predicted molar refractivity (Wildman–Crippen MR) is 77.8 cm³/mol. The molecule has 0 aliphatic heterocycles. The van der Waals surface area contributed by atoms with Crippen molar-refractivity contribution in [3.63, 3.8) is 0 Å². The number of rotatable bonds is 7. The predicted octanol–water partition coefficient (Wildman–Crippen LogP) is 1.86. The number of hydrogen-bond donors (Lipinski definition) is 2. The van der Waals surface area contributed by atoms with Crippen LogP contribution in [0.25, 0.3) is 0 Å². The highest BCUT2D eigenvalue weighted by atomic mass is 32.2. The third kappa shape index (κ3) is 3.62. The lowest BCUT2D eigenvalue weighted by atomic mass is 10.1. The van der Waals surface area contributed by atoms with E-state index in [0.717, 1.165) is 19.3 Å². The lowest BCUT2D eigenvalue weighted by Gasteiger charge is -2.10. The van der Waals surface area contributed by atoms with Crippen LogP contribution >= 0.6 is 0 Å². The molecule has 1 saturated carbocycles. The molecular formula is C14H24N2O3S. The van der Waals surface area contributed by atoms with E-state index in [-0.39, 0.29) is 11.5 Å². The topological polar surface area (TPSA) is 71.3 Å². The number of aromatic nitrogens is 1. The summed E-state index contributed by atoms with van der Waals surface area (Å²) in [5, 5.41) is 9.29. The molecule has 0 atom stereocenters. The van der Waals surface area contributed by atoms with Crippen molar-refractivity contribution >= 4 is 10.0 Å². The van der Waals surface area contributed by atoms with E-state index in [0.29, 0.717) is 24.7 Å². The van der Waals surface area contributed by atoms with Crippen LogP contribution in [0.4, 0.5) is 0 Å². The molecule has 6 heteroatoms. The number of aliphatic hydroxyl groups excluding tert-OH is 1. The summed E-state index contributed by atoms with van der Waals surface area (Å²) in [4.78, 5) is 0.257. The second-order valence-corrected chi connectivity index (χ2v) is 7.29. The van der Waals surface area contributed by atoms with Crippen molar-refractivity contribution in [2.24, 2.45) is 5.92 Å². The lowest BCUT2D eigenvalue weighted by molar-refractivity contribution is 0.270. The van der Waals surface area contributed by atoms with E-state index in [1.165, 1.54) is 12.8 Å². The van der Waals surface area contributed by atoms with Crippen molar-refractivity contribution in [1.29, 1.82) is 0 Å². The minimum absolute atomic E-state index is 0.141. The van der Waals surface area contributed by atoms with E-state index < -0.39 is 10.0 Å². The maximum Gasteiger partial charge on any atom is 0.242 e. The van der Waals surface area contributed by atoms with E-state index in [2.05, 4.69) is 4.72 Å². The van der Waals surface area contributed by atoms with Crippen LogP contribution in [0.2, 0.25) is 0 Å². The molecule has 1 heterocycles. The number of sulfonamides is 1. The number of nitrogens with one attached hydrogen (secondary N) is 1. The smallest absolute Gasteiger partial charge is 0.242 e. The molecule has 0 radical (unpaired) electrons. The summed E-state index contributed by atoms with van der Waals surface area (Å²) in [7, 11) is -3.46. The van der Waals surface area contributed by atoms with Gasteiger partial charge >= 0.3 is 0 Å². The second kappa shape index (κ2) is 6.74. The Kier molecular flexibility index (Phi) is 5.23. The molecule has 1 aliphatic rings. The average molecular weight is 300 g/mol. The standard InChI is InChI=1S/C14H24N2O3S/c1-2-7-16-10-14(8-13(16)11-17)20(18,19)15-9-12-5-3-4-6-12/h8,10,12,15,17H,2-7,9,11H2,1H3. The average Bonchev–Trinajstić information content (AvgIpc) is 3.06. The molecule has 20 heavy (non-hydrogen) atoms. The maximum atomic E-state index is 12.3. The molecular weight excluding hydrogens is 276 g/mol. The van der Waals surface area contributed by atoms with E-state index in [1.54, 1.807) is 12.3 Å². The number of nitrogens with zero attached hydrogens (tertiary/aromatic N) is 1. The molecule has 0 amide bonds. The first-order chi connectivity index (χ1) is 9.56. The Balaban J connectivity index is 2.07. The maximum absolute atomic E-state index is 12.3. The van der Waals surface area contributed by atoms with Gasteiger partial charge in [0.15, 0.2) is 0 Å². The zero-order valence-corrected chi connectivity index (χ0v) is 12.8. The van der Waals surface area contributed by atoms with Gasteiger partial charge in [0.2, 0.25) is 10.0 Å².